The molecule has 2 rings (SSSR count). The predicted octanol–water partition coefficient (Wildman–Crippen LogP) is 3.56. The van der Waals surface area contributed by atoms with Crippen LogP contribution in [0.4, 0.5) is 0 Å². The topological polar surface area (TPSA) is 46.6 Å². The summed E-state index contributed by atoms with van der Waals surface area (Å²) in [4.78, 5) is 25.9. The van der Waals surface area contributed by atoms with Gasteiger partial charge in [0.1, 0.15) is 0 Å². The second-order valence-corrected chi connectivity index (χ2v) is 5.53. The fraction of sp³-hybridized carbons (Fsp3) is 0.300. The largest absolute Gasteiger partial charge is 0.466 e. The lowest BCUT2D eigenvalue weighted by molar-refractivity contribution is -0.146. The number of rotatable bonds is 8. The van der Waals surface area contributed by atoms with E-state index in [4.69, 9.17) is 4.74 Å². The molecule has 0 saturated carbocycles. The van der Waals surface area contributed by atoms with Gasteiger partial charge in [0.25, 0.3) is 0 Å². The molecule has 0 unspecified atom stereocenters. The molecule has 1 amide bonds. The quantitative estimate of drug-likeness (QED) is 0.697. The van der Waals surface area contributed by atoms with Crippen LogP contribution < -0.4 is 0 Å². The smallest absolute Gasteiger partial charge is 0.306 e. The Bertz CT molecular complexity index is 599. The molecule has 0 spiro atoms. The SMILES string of the molecule is CCOC(=O)CCC(=O)N(Cc1ccccc1)Cc1ccccc1. The third-order valence-corrected chi connectivity index (χ3v) is 3.63. The number of hydrogen-bond acceptors (Lipinski definition) is 3. The lowest BCUT2D eigenvalue weighted by Gasteiger charge is -2.23. The predicted molar refractivity (Wildman–Crippen MR) is 93.0 cm³/mol. The number of ether oxygens (including phenoxy) is 1. The Kier molecular flexibility index (Phi) is 7.02. The molecule has 126 valence electrons. The Morgan fingerprint density at radius 1 is 0.833 bits per heavy atom. The maximum absolute atomic E-state index is 12.6. The van der Waals surface area contributed by atoms with Crippen molar-refractivity contribution in [1.29, 1.82) is 0 Å². The van der Waals surface area contributed by atoms with E-state index in [1.807, 2.05) is 60.7 Å². The zero-order valence-electron chi connectivity index (χ0n) is 14.0. The normalized spacial score (nSPS) is 10.2. The van der Waals surface area contributed by atoms with Gasteiger partial charge in [-0.3, -0.25) is 9.59 Å². The molecule has 0 fully saturated rings. The van der Waals surface area contributed by atoms with Gasteiger partial charge in [-0.2, -0.15) is 0 Å². The molecule has 0 bridgehead atoms. The van der Waals surface area contributed by atoms with Crippen molar-refractivity contribution in [1.82, 2.24) is 4.90 Å². The minimum absolute atomic E-state index is 0.0456. The highest BCUT2D eigenvalue weighted by Gasteiger charge is 2.16. The molecular formula is C20H23NO3. The van der Waals surface area contributed by atoms with Crippen LogP contribution in [0.2, 0.25) is 0 Å². The van der Waals surface area contributed by atoms with E-state index in [-0.39, 0.29) is 24.7 Å². The number of hydrogen-bond donors (Lipinski definition) is 0. The van der Waals surface area contributed by atoms with Crippen LogP contribution in [0.5, 0.6) is 0 Å². The van der Waals surface area contributed by atoms with Crippen molar-refractivity contribution in [3.8, 4) is 0 Å². The maximum atomic E-state index is 12.6. The van der Waals surface area contributed by atoms with Gasteiger partial charge in [-0.05, 0) is 18.1 Å². The summed E-state index contributed by atoms with van der Waals surface area (Å²) in [5.41, 5.74) is 2.14. The summed E-state index contributed by atoms with van der Waals surface area (Å²) < 4.78 is 4.90. The molecule has 0 heterocycles. The summed E-state index contributed by atoms with van der Waals surface area (Å²) in [5, 5.41) is 0. The molecule has 2 aromatic carbocycles. The second-order valence-electron chi connectivity index (χ2n) is 5.53. The van der Waals surface area contributed by atoms with Crippen molar-refractivity contribution in [2.75, 3.05) is 6.61 Å². The molecule has 2 aromatic rings. The van der Waals surface area contributed by atoms with Gasteiger partial charge in [0.15, 0.2) is 0 Å². The Morgan fingerprint density at radius 2 is 1.33 bits per heavy atom. The molecule has 0 saturated heterocycles. The van der Waals surface area contributed by atoms with Gasteiger partial charge in [0.05, 0.1) is 13.0 Å². The number of amides is 1. The van der Waals surface area contributed by atoms with Gasteiger partial charge in [0, 0.05) is 19.5 Å². The van der Waals surface area contributed by atoms with Crippen LogP contribution in [-0.2, 0) is 27.4 Å². The molecular weight excluding hydrogens is 302 g/mol. The second kappa shape index (κ2) is 9.50. The Balaban J connectivity index is 2.03. The van der Waals surface area contributed by atoms with E-state index in [2.05, 4.69) is 0 Å². The van der Waals surface area contributed by atoms with E-state index in [0.29, 0.717) is 19.7 Å². The van der Waals surface area contributed by atoms with Crippen LogP contribution in [0, 0.1) is 0 Å². The molecule has 0 radical (unpaired) electrons. The number of carbonyl (C=O) groups is 2. The number of nitrogens with zero attached hydrogens (tertiary/aromatic N) is 1. The van der Waals surface area contributed by atoms with Gasteiger partial charge in [-0.15, -0.1) is 0 Å². The van der Waals surface area contributed by atoms with Crippen molar-refractivity contribution in [2.45, 2.75) is 32.9 Å². The monoisotopic (exact) mass is 325 g/mol. The number of benzene rings is 2. The first-order chi connectivity index (χ1) is 11.7. The van der Waals surface area contributed by atoms with E-state index < -0.39 is 0 Å². The Morgan fingerprint density at radius 3 is 1.79 bits per heavy atom. The molecule has 24 heavy (non-hydrogen) atoms. The fourth-order valence-electron chi connectivity index (χ4n) is 2.44. The van der Waals surface area contributed by atoms with Crippen LogP contribution in [0.25, 0.3) is 0 Å². The van der Waals surface area contributed by atoms with Crippen molar-refractivity contribution >= 4 is 11.9 Å². The summed E-state index contributed by atoms with van der Waals surface area (Å²) in [7, 11) is 0. The first kappa shape index (κ1) is 17.7. The highest BCUT2D eigenvalue weighted by atomic mass is 16.5. The highest BCUT2D eigenvalue weighted by molar-refractivity contribution is 5.81. The molecule has 0 aliphatic carbocycles. The van der Waals surface area contributed by atoms with Gasteiger partial charge in [-0.25, -0.2) is 0 Å². The summed E-state index contributed by atoms with van der Waals surface area (Å²) in [6.07, 6.45) is 0.283. The van der Waals surface area contributed by atoms with Crippen LogP contribution in [0.3, 0.4) is 0 Å². The van der Waals surface area contributed by atoms with E-state index in [1.54, 1.807) is 11.8 Å². The third kappa shape index (κ3) is 5.88. The van der Waals surface area contributed by atoms with E-state index in [0.717, 1.165) is 11.1 Å². The molecule has 4 nitrogen and oxygen atoms in total. The molecule has 0 aromatic heterocycles. The van der Waals surface area contributed by atoms with Crippen molar-refractivity contribution in [3.63, 3.8) is 0 Å². The first-order valence-corrected chi connectivity index (χ1v) is 8.20. The van der Waals surface area contributed by atoms with E-state index in [1.165, 1.54) is 0 Å². The summed E-state index contributed by atoms with van der Waals surface area (Å²) in [6.45, 7) is 3.15. The Hall–Kier alpha value is -2.62. The summed E-state index contributed by atoms with van der Waals surface area (Å²) >= 11 is 0. The molecule has 0 aliphatic rings. The number of esters is 1. The molecule has 0 atom stereocenters. The zero-order chi connectivity index (χ0) is 17.2. The average Bonchev–Trinajstić information content (AvgIpc) is 2.61. The average molecular weight is 325 g/mol. The summed E-state index contributed by atoms with van der Waals surface area (Å²) in [5.74, 6) is -0.374. The molecule has 0 N–H and O–H groups in total. The van der Waals surface area contributed by atoms with Gasteiger partial charge < -0.3 is 9.64 Å². The van der Waals surface area contributed by atoms with Crippen LogP contribution in [0.15, 0.2) is 60.7 Å². The van der Waals surface area contributed by atoms with Crippen molar-refractivity contribution in [2.24, 2.45) is 0 Å². The Labute approximate surface area is 143 Å². The molecule has 4 heteroatoms. The minimum atomic E-state index is -0.328. The van der Waals surface area contributed by atoms with Gasteiger partial charge >= 0.3 is 5.97 Å². The minimum Gasteiger partial charge on any atom is -0.466 e. The van der Waals surface area contributed by atoms with Crippen molar-refractivity contribution in [3.05, 3.63) is 71.8 Å². The number of carbonyl (C=O) groups excluding carboxylic acids is 2. The van der Waals surface area contributed by atoms with Crippen LogP contribution in [0.1, 0.15) is 30.9 Å². The van der Waals surface area contributed by atoms with E-state index in [9.17, 15) is 9.59 Å². The lowest BCUT2D eigenvalue weighted by atomic mass is 10.1. The third-order valence-electron chi connectivity index (χ3n) is 3.63. The fourth-order valence-corrected chi connectivity index (χ4v) is 2.44. The lowest BCUT2D eigenvalue weighted by Crippen LogP contribution is -2.30. The zero-order valence-corrected chi connectivity index (χ0v) is 14.0. The summed E-state index contributed by atoms with van der Waals surface area (Å²) in [6, 6.07) is 19.7. The van der Waals surface area contributed by atoms with Crippen LogP contribution >= 0.6 is 0 Å². The molecule has 0 aliphatic heterocycles. The maximum Gasteiger partial charge on any atom is 0.306 e. The standard InChI is InChI=1S/C20H23NO3/c1-2-24-20(23)14-13-19(22)21(15-17-9-5-3-6-10-17)16-18-11-7-4-8-12-18/h3-12H,2,13-16H2,1H3. The first-order valence-electron chi connectivity index (χ1n) is 8.20. The van der Waals surface area contributed by atoms with Gasteiger partial charge in [-0.1, -0.05) is 60.7 Å². The van der Waals surface area contributed by atoms with Gasteiger partial charge in [0.2, 0.25) is 5.91 Å². The van der Waals surface area contributed by atoms with Crippen LogP contribution in [-0.4, -0.2) is 23.4 Å². The van der Waals surface area contributed by atoms with E-state index >= 15 is 0 Å². The van der Waals surface area contributed by atoms with Crippen molar-refractivity contribution < 1.29 is 14.3 Å². The highest BCUT2D eigenvalue weighted by Crippen LogP contribution is 2.12.